The van der Waals surface area contributed by atoms with Gasteiger partial charge in [-0.15, -0.1) is 0 Å². The molecule has 1 aromatic carbocycles. The summed E-state index contributed by atoms with van der Waals surface area (Å²) in [6.07, 6.45) is 2.64. The summed E-state index contributed by atoms with van der Waals surface area (Å²) in [6, 6.07) is 3.26. The zero-order chi connectivity index (χ0) is 14.2. The Balaban J connectivity index is 2.58. The number of benzene rings is 1. The fourth-order valence-electron chi connectivity index (χ4n) is 3.26. The lowest BCUT2D eigenvalue weighted by molar-refractivity contribution is 0.111. The summed E-state index contributed by atoms with van der Waals surface area (Å²) in [7, 11) is 0. The first-order chi connectivity index (χ1) is 8.90. The van der Waals surface area contributed by atoms with Crippen LogP contribution in [-0.2, 0) is 0 Å². The standard InChI is InChI=1S/C16H22FNO/c1-5-6-18-15-8-14(17)12(10-19)7-13(15)11(2)9-16(18,3)4/h7-8,10-11H,5-6,9H2,1-4H3/t11-/m1/s1. The van der Waals surface area contributed by atoms with Crippen LogP contribution in [0.2, 0.25) is 0 Å². The van der Waals surface area contributed by atoms with Crippen LogP contribution < -0.4 is 4.90 Å². The predicted molar refractivity (Wildman–Crippen MR) is 76.5 cm³/mol. The molecule has 1 heterocycles. The molecule has 0 saturated heterocycles. The Hall–Kier alpha value is -1.38. The molecule has 1 aliphatic rings. The van der Waals surface area contributed by atoms with Crippen LogP contribution in [0, 0.1) is 5.82 Å². The summed E-state index contributed by atoms with van der Waals surface area (Å²) < 4.78 is 13.9. The van der Waals surface area contributed by atoms with Gasteiger partial charge in [-0.05, 0) is 50.3 Å². The Bertz CT molecular complexity index is 496. The Morgan fingerprint density at radius 1 is 1.47 bits per heavy atom. The van der Waals surface area contributed by atoms with Gasteiger partial charge in [0.25, 0.3) is 0 Å². The second-order valence-electron chi connectivity index (χ2n) is 6.12. The molecule has 0 saturated carbocycles. The molecule has 2 nitrogen and oxygen atoms in total. The minimum absolute atomic E-state index is 0.0254. The van der Waals surface area contributed by atoms with Crippen LogP contribution in [0.5, 0.6) is 0 Å². The van der Waals surface area contributed by atoms with Crippen molar-refractivity contribution in [3.8, 4) is 0 Å². The van der Waals surface area contributed by atoms with Crippen molar-refractivity contribution >= 4 is 12.0 Å². The molecule has 0 aliphatic carbocycles. The first-order valence-electron chi connectivity index (χ1n) is 6.97. The number of nitrogens with zero attached hydrogens (tertiary/aromatic N) is 1. The third-order valence-corrected chi connectivity index (χ3v) is 4.08. The van der Waals surface area contributed by atoms with Gasteiger partial charge in [-0.3, -0.25) is 4.79 Å². The second kappa shape index (κ2) is 4.95. The van der Waals surface area contributed by atoms with Crippen molar-refractivity contribution < 1.29 is 9.18 Å². The average molecular weight is 263 g/mol. The van der Waals surface area contributed by atoms with Gasteiger partial charge < -0.3 is 4.90 Å². The molecule has 0 spiro atoms. The van der Waals surface area contributed by atoms with E-state index in [4.69, 9.17) is 0 Å². The number of fused-ring (bicyclic) bond motifs is 1. The summed E-state index contributed by atoms with van der Waals surface area (Å²) in [6.45, 7) is 9.59. The van der Waals surface area contributed by atoms with E-state index in [-0.39, 0.29) is 11.1 Å². The molecule has 3 heteroatoms. The summed E-state index contributed by atoms with van der Waals surface area (Å²) in [5.41, 5.74) is 2.24. The summed E-state index contributed by atoms with van der Waals surface area (Å²) in [5.74, 6) is -0.0721. The number of rotatable bonds is 3. The van der Waals surface area contributed by atoms with Gasteiger partial charge in [-0.2, -0.15) is 0 Å². The van der Waals surface area contributed by atoms with E-state index in [9.17, 15) is 9.18 Å². The zero-order valence-electron chi connectivity index (χ0n) is 12.2. The monoisotopic (exact) mass is 263 g/mol. The van der Waals surface area contributed by atoms with Crippen molar-refractivity contribution in [1.29, 1.82) is 0 Å². The Kier molecular flexibility index (Phi) is 3.66. The van der Waals surface area contributed by atoms with E-state index in [2.05, 4.69) is 32.6 Å². The maximum atomic E-state index is 13.9. The van der Waals surface area contributed by atoms with Crippen LogP contribution in [0.3, 0.4) is 0 Å². The molecule has 0 bridgehead atoms. The van der Waals surface area contributed by atoms with Crippen LogP contribution in [0.15, 0.2) is 12.1 Å². The number of halogens is 1. The lowest BCUT2D eigenvalue weighted by atomic mass is 9.79. The minimum atomic E-state index is -0.417. The highest BCUT2D eigenvalue weighted by Crippen LogP contribution is 2.44. The number of anilines is 1. The highest BCUT2D eigenvalue weighted by Gasteiger charge is 2.36. The Morgan fingerprint density at radius 3 is 2.74 bits per heavy atom. The van der Waals surface area contributed by atoms with Crippen LogP contribution in [-0.4, -0.2) is 18.4 Å². The third kappa shape index (κ3) is 2.38. The maximum absolute atomic E-state index is 13.9. The zero-order valence-corrected chi connectivity index (χ0v) is 12.2. The average Bonchev–Trinajstić information content (AvgIpc) is 2.33. The van der Waals surface area contributed by atoms with Crippen molar-refractivity contribution in [2.75, 3.05) is 11.4 Å². The van der Waals surface area contributed by atoms with E-state index in [0.717, 1.165) is 30.6 Å². The SMILES string of the molecule is CCCN1c2cc(F)c(C=O)cc2[C@H](C)CC1(C)C. The van der Waals surface area contributed by atoms with Crippen molar-refractivity contribution in [3.63, 3.8) is 0 Å². The predicted octanol–water partition coefficient (Wildman–Crippen LogP) is 4.14. The van der Waals surface area contributed by atoms with E-state index >= 15 is 0 Å². The number of hydrogen-bond acceptors (Lipinski definition) is 2. The molecule has 2 rings (SSSR count). The van der Waals surface area contributed by atoms with E-state index in [0.29, 0.717) is 12.2 Å². The molecule has 0 N–H and O–H groups in total. The van der Waals surface area contributed by atoms with Crippen LogP contribution in [0.1, 0.15) is 62.4 Å². The van der Waals surface area contributed by atoms with Gasteiger partial charge in [0.05, 0.1) is 5.56 Å². The lowest BCUT2D eigenvalue weighted by Gasteiger charge is -2.47. The van der Waals surface area contributed by atoms with Crippen molar-refractivity contribution in [1.82, 2.24) is 0 Å². The molecule has 1 aromatic rings. The second-order valence-corrected chi connectivity index (χ2v) is 6.12. The summed E-state index contributed by atoms with van der Waals surface area (Å²) >= 11 is 0. The summed E-state index contributed by atoms with van der Waals surface area (Å²) in [4.78, 5) is 13.2. The molecule has 0 aromatic heterocycles. The van der Waals surface area contributed by atoms with Crippen molar-refractivity contribution in [2.45, 2.75) is 52.0 Å². The first kappa shape index (κ1) is 14.0. The third-order valence-electron chi connectivity index (χ3n) is 4.08. The normalized spacial score (nSPS) is 21.1. The van der Waals surface area contributed by atoms with Gasteiger partial charge in [0.2, 0.25) is 0 Å². The van der Waals surface area contributed by atoms with Crippen LogP contribution in [0.25, 0.3) is 0 Å². The largest absolute Gasteiger partial charge is 0.366 e. The molecule has 1 aliphatic heterocycles. The van der Waals surface area contributed by atoms with Crippen molar-refractivity contribution in [2.24, 2.45) is 0 Å². The molecule has 0 fully saturated rings. The lowest BCUT2D eigenvalue weighted by Crippen LogP contribution is -2.48. The molecule has 0 unspecified atom stereocenters. The van der Waals surface area contributed by atoms with E-state index < -0.39 is 5.82 Å². The molecular weight excluding hydrogens is 241 g/mol. The van der Waals surface area contributed by atoms with Gasteiger partial charge in [-0.25, -0.2) is 4.39 Å². The van der Waals surface area contributed by atoms with E-state index in [1.807, 2.05) is 0 Å². The highest BCUT2D eigenvalue weighted by molar-refractivity contribution is 5.78. The smallest absolute Gasteiger partial charge is 0.153 e. The minimum Gasteiger partial charge on any atom is -0.366 e. The fourth-order valence-corrected chi connectivity index (χ4v) is 3.26. The van der Waals surface area contributed by atoms with Gasteiger partial charge in [-0.1, -0.05) is 13.8 Å². The molecule has 1 atom stereocenters. The quantitative estimate of drug-likeness (QED) is 0.764. The Labute approximate surface area is 114 Å². The maximum Gasteiger partial charge on any atom is 0.153 e. The summed E-state index contributed by atoms with van der Waals surface area (Å²) in [5, 5.41) is 0. The van der Waals surface area contributed by atoms with Gasteiger partial charge in [0, 0.05) is 17.8 Å². The number of carbonyl (C=O) groups excluding carboxylic acids is 1. The molecule has 19 heavy (non-hydrogen) atoms. The molecule has 0 amide bonds. The number of hydrogen-bond donors (Lipinski definition) is 0. The highest BCUT2D eigenvalue weighted by atomic mass is 19.1. The van der Waals surface area contributed by atoms with Gasteiger partial charge in [0.15, 0.2) is 6.29 Å². The van der Waals surface area contributed by atoms with Crippen LogP contribution >= 0.6 is 0 Å². The number of aldehydes is 1. The Morgan fingerprint density at radius 2 is 2.16 bits per heavy atom. The topological polar surface area (TPSA) is 20.3 Å². The van der Waals surface area contributed by atoms with Gasteiger partial charge in [0.1, 0.15) is 5.82 Å². The van der Waals surface area contributed by atoms with Crippen LogP contribution in [0.4, 0.5) is 10.1 Å². The molecular formula is C16H22FNO. The number of carbonyl (C=O) groups is 1. The molecule has 104 valence electrons. The van der Waals surface area contributed by atoms with Crippen molar-refractivity contribution in [3.05, 3.63) is 29.1 Å². The van der Waals surface area contributed by atoms with Gasteiger partial charge >= 0.3 is 0 Å². The molecule has 0 radical (unpaired) electrons. The van der Waals surface area contributed by atoms with E-state index in [1.54, 1.807) is 6.07 Å². The van der Waals surface area contributed by atoms with E-state index in [1.165, 1.54) is 6.07 Å². The first-order valence-corrected chi connectivity index (χ1v) is 6.97. The fraction of sp³-hybridized carbons (Fsp3) is 0.562.